The first-order chi connectivity index (χ1) is 11.5. The van der Waals surface area contributed by atoms with E-state index in [1.807, 2.05) is 24.3 Å². The number of fused-ring (bicyclic) bond motifs is 1. The van der Waals surface area contributed by atoms with Crippen molar-refractivity contribution in [2.75, 3.05) is 18.0 Å². The van der Waals surface area contributed by atoms with E-state index in [1.54, 1.807) is 11.3 Å². The van der Waals surface area contributed by atoms with Crippen molar-refractivity contribution in [3.05, 3.63) is 42.2 Å². The van der Waals surface area contributed by atoms with Crippen molar-refractivity contribution in [1.82, 2.24) is 14.8 Å². The SMILES string of the molecule is FC(F)(F)c1ccn(C2CCCN(c3nc4ccccc4s3)C2)n1. The molecule has 1 aromatic carbocycles. The predicted molar refractivity (Wildman–Crippen MR) is 87.3 cm³/mol. The van der Waals surface area contributed by atoms with Crippen molar-refractivity contribution in [2.24, 2.45) is 0 Å². The summed E-state index contributed by atoms with van der Waals surface area (Å²) in [4.78, 5) is 6.79. The highest BCUT2D eigenvalue weighted by molar-refractivity contribution is 7.22. The normalized spacial score (nSPS) is 19.1. The Morgan fingerprint density at radius 1 is 1.17 bits per heavy atom. The molecule has 0 radical (unpaired) electrons. The van der Waals surface area contributed by atoms with Crippen LogP contribution in [0.2, 0.25) is 0 Å². The second kappa shape index (κ2) is 5.77. The Hall–Kier alpha value is -2.09. The summed E-state index contributed by atoms with van der Waals surface area (Å²) in [5, 5.41) is 4.64. The number of halogens is 3. The molecule has 2 aromatic heterocycles. The molecular formula is C16H15F3N4S. The molecule has 0 amide bonds. The first kappa shape index (κ1) is 15.4. The molecule has 0 N–H and O–H groups in total. The quantitative estimate of drug-likeness (QED) is 0.687. The number of alkyl halides is 3. The molecule has 4 nitrogen and oxygen atoms in total. The lowest BCUT2D eigenvalue weighted by atomic mass is 10.1. The zero-order valence-electron chi connectivity index (χ0n) is 12.7. The fraction of sp³-hybridized carbons (Fsp3) is 0.375. The molecule has 1 unspecified atom stereocenters. The molecule has 1 aliphatic rings. The summed E-state index contributed by atoms with van der Waals surface area (Å²) in [6, 6.07) is 8.90. The van der Waals surface area contributed by atoms with E-state index in [4.69, 9.17) is 0 Å². The van der Waals surface area contributed by atoms with Crippen LogP contribution < -0.4 is 4.90 Å². The summed E-state index contributed by atoms with van der Waals surface area (Å²) >= 11 is 1.62. The molecule has 4 rings (SSSR count). The first-order valence-electron chi connectivity index (χ1n) is 7.73. The standard InChI is InChI=1S/C16H15F3N4S/c17-16(18,19)14-7-9-23(21-14)11-4-3-8-22(10-11)15-20-12-5-1-2-6-13(12)24-15/h1-2,5-7,9,11H,3-4,8,10H2. The Bertz CT molecular complexity index is 821. The Balaban J connectivity index is 1.56. The monoisotopic (exact) mass is 352 g/mol. The topological polar surface area (TPSA) is 34.0 Å². The summed E-state index contributed by atoms with van der Waals surface area (Å²) < 4.78 is 40.8. The van der Waals surface area contributed by atoms with Crippen LogP contribution in [0.4, 0.5) is 18.3 Å². The number of anilines is 1. The van der Waals surface area contributed by atoms with Crippen molar-refractivity contribution in [1.29, 1.82) is 0 Å². The van der Waals surface area contributed by atoms with Crippen LogP contribution in [0, 0.1) is 0 Å². The molecule has 3 heterocycles. The Morgan fingerprint density at radius 2 is 2.00 bits per heavy atom. The molecule has 1 saturated heterocycles. The molecule has 24 heavy (non-hydrogen) atoms. The number of aromatic nitrogens is 3. The van der Waals surface area contributed by atoms with Crippen LogP contribution in [-0.2, 0) is 6.18 Å². The third-order valence-corrected chi connectivity index (χ3v) is 5.32. The molecule has 0 aliphatic carbocycles. The number of piperidine rings is 1. The largest absolute Gasteiger partial charge is 0.435 e. The highest BCUT2D eigenvalue weighted by Gasteiger charge is 2.34. The molecule has 8 heteroatoms. The van der Waals surface area contributed by atoms with Gasteiger partial charge in [-0.1, -0.05) is 23.5 Å². The van der Waals surface area contributed by atoms with Gasteiger partial charge in [0.15, 0.2) is 10.8 Å². The fourth-order valence-electron chi connectivity index (χ4n) is 3.03. The lowest BCUT2D eigenvalue weighted by molar-refractivity contribution is -0.141. The number of hydrogen-bond donors (Lipinski definition) is 0. The van der Waals surface area contributed by atoms with E-state index in [9.17, 15) is 13.2 Å². The molecule has 3 aromatic rings. The zero-order chi connectivity index (χ0) is 16.7. The first-order valence-corrected chi connectivity index (χ1v) is 8.55. The lowest BCUT2D eigenvalue weighted by Gasteiger charge is -2.32. The Kier molecular flexibility index (Phi) is 3.71. The number of rotatable bonds is 2. The van der Waals surface area contributed by atoms with Gasteiger partial charge in [0.2, 0.25) is 0 Å². The number of thiazole rings is 1. The molecule has 1 fully saturated rings. The smallest absolute Gasteiger partial charge is 0.346 e. The van der Waals surface area contributed by atoms with Gasteiger partial charge in [-0.15, -0.1) is 0 Å². The summed E-state index contributed by atoms with van der Waals surface area (Å²) in [7, 11) is 0. The van der Waals surface area contributed by atoms with Crippen molar-refractivity contribution in [3.8, 4) is 0 Å². The van der Waals surface area contributed by atoms with E-state index in [1.165, 1.54) is 10.9 Å². The lowest BCUT2D eigenvalue weighted by Crippen LogP contribution is -2.36. The summed E-state index contributed by atoms with van der Waals surface area (Å²) in [6.45, 7) is 1.49. The van der Waals surface area contributed by atoms with Gasteiger partial charge in [0.25, 0.3) is 0 Å². The minimum Gasteiger partial charge on any atom is -0.346 e. The van der Waals surface area contributed by atoms with Crippen molar-refractivity contribution in [3.63, 3.8) is 0 Å². The van der Waals surface area contributed by atoms with E-state index < -0.39 is 11.9 Å². The highest BCUT2D eigenvalue weighted by Crippen LogP contribution is 2.33. The van der Waals surface area contributed by atoms with Crippen molar-refractivity contribution in [2.45, 2.75) is 25.1 Å². The molecule has 0 bridgehead atoms. The fourth-order valence-corrected chi connectivity index (χ4v) is 4.03. The average molecular weight is 352 g/mol. The van der Waals surface area contributed by atoms with E-state index >= 15 is 0 Å². The molecular weight excluding hydrogens is 337 g/mol. The van der Waals surface area contributed by atoms with Gasteiger partial charge in [0.1, 0.15) is 0 Å². The average Bonchev–Trinajstić information content (AvgIpc) is 3.21. The van der Waals surface area contributed by atoms with Crippen LogP contribution in [0.1, 0.15) is 24.6 Å². The maximum atomic E-state index is 12.7. The second-order valence-electron chi connectivity index (χ2n) is 5.88. The maximum absolute atomic E-state index is 12.7. The number of benzene rings is 1. The molecule has 1 aliphatic heterocycles. The van der Waals surface area contributed by atoms with Crippen LogP contribution >= 0.6 is 11.3 Å². The van der Waals surface area contributed by atoms with Crippen LogP contribution in [0.25, 0.3) is 10.2 Å². The number of hydrogen-bond acceptors (Lipinski definition) is 4. The maximum Gasteiger partial charge on any atom is 0.435 e. The van der Waals surface area contributed by atoms with Gasteiger partial charge in [-0.25, -0.2) is 4.98 Å². The minimum atomic E-state index is -4.40. The van der Waals surface area contributed by atoms with Crippen molar-refractivity contribution < 1.29 is 13.2 Å². The van der Waals surface area contributed by atoms with E-state index in [-0.39, 0.29) is 6.04 Å². The Morgan fingerprint density at radius 3 is 2.75 bits per heavy atom. The van der Waals surface area contributed by atoms with Gasteiger partial charge in [-0.2, -0.15) is 18.3 Å². The number of para-hydroxylation sites is 1. The van der Waals surface area contributed by atoms with Gasteiger partial charge in [0, 0.05) is 19.3 Å². The van der Waals surface area contributed by atoms with Gasteiger partial charge >= 0.3 is 6.18 Å². The molecule has 0 spiro atoms. The van der Waals surface area contributed by atoms with Crippen LogP contribution in [0.5, 0.6) is 0 Å². The third kappa shape index (κ3) is 2.86. The number of nitrogens with zero attached hydrogens (tertiary/aromatic N) is 4. The summed E-state index contributed by atoms with van der Waals surface area (Å²) in [6.07, 6.45) is -1.25. The summed E-state index contributed by atoms with van der Waals surface area (Å²) in [5.41, 5.74) is 0.123. The minimum absolute atomic E-state index is 0.0677. The van der Waals surface area contributed by atoms with Crippen LogP contribution in [-0.4, -0.2) is 27.9 Å². The Labute approximate surface area is 140 Å². The molecule has 126 valence electrons. The highest BCUT2D eigenvalue weighted by atomic mass is 32.1. The molecule has 1 atom stereocenters. The predicted octanol–water partition coefficient (Wildman–Crippen LogP) is 4.35. The second-order valence-corrected chi connectivity index (χ2v) is 6.89. The van der Waals surface area contributed by atoms with E-state index in [0.717, 1.165) is 40.8 Å². The van der Waals surface area contributed by atoms with E-state index in [2.05, 4.69) is 15.0 Å². The van der Waals surface area contributed by atoms with Gasteiger partial charge in [0.05, 0.1) is 16.3 Å². The zero-order valence-corrected chi connectivity index (χ0v) is 13.5. The third-order valence-electron chi connectivity index (χ3n) is 4.22. The van der Waals surface area contributed by atoms with Gasteiger partial charge in [-0.3, -0.25) is 4.68 Å². The van der Waals surface area contributed by atoms with Crippen LogP contribution in [0.15, 0.2) is 36.5 Å². The van der Waals surface area contributed by atoms with Gasteiger partial charge in [-0.05, 0) is 31.0 Å². The van der Waals surface area contributed by atoms with Gasteiger partial charge < -0.3 is 4.90 Å². The summed E-state index contributed by atoms with van der Waals surface area (Å²) in [5.74, 6) is 0. The molecule has 0 saturated carbocycles. The van der Waals surface area contributed by atoms with Crippen molar-refractivity contribution >= 4 is 26.7 Å². The van der Waals surface area contributed by atoms with Crippen LogP contribution in [0.3, 0.4) is 0 Å². The van der Waals surface area contributed by atoms with E-state index in [0.29, 0.717) is 6.54 Å².